The summed E-state index contributed by atoms with van der Waals surface area (Å²) in [7, 11) is 0. The quantitative estimate of drug-likeness (QED) is 0.607. The van der Waals surface area contributed by atoms with Crippen molar-refractivity contribution in [1.29, 1.82) is 0 Å². The number of phenols is 1. The summed E-state index contributed by atoms with van der Waals surface area (Å²) in [4.78, 5) is 12.0. The van der Waals surface area contributed by atoms with Gasteiger partial charge in [-0.3, -0.25) is 4.79 Å². The Bertz CT molecular complexity index is 949. The summed E-state index contributed by atoms with van der Waals surface area (Å²) in [5.41, 5.74) is 1.09. The van der Waals surface area contributed by atoms with E-state index in [0.717, 1.165) is 44.1 Å². The molecule has 4 aliphatic carbocycles. The van der Waals surface area contributed by atoms with Crippen molar-refractivity contribution in [2.45, 2.75) is 64.4 Å². The average Bonchev–Trinajstić information content (AvgIpc) is 2.98. The highest BCUT2D eigenvalue weighted by atomic mass is 16.3. The molecule has 2 N–H and O–H groups in total. The minimum atomic E-state index is -0.959. The predicted molar refractivity (Wildman–Crippen MR) is 117 cm³/mol. The van der Waals surface area contributed by atoms with E-state index >= 15 is 0 Å². The van der Waals surface area contributed by atoms with Crippen LogP contribution in [0.3, 0.4) is 0 Å². The van der Waals surface area contributed by atoms with Crippen LogP contribution in [-0.4, -0.2) is 21.6 Å². The number of rotatable bonds is 0. The van der Waals surface area contributed by atoms with E-state index in [0.29, 0.717) is 41.8 Å². The zero-order valence-corrected chi connectivity index (χ0v) is 18.0. The molecule has 0 saturated heterocycles. The SMILES string of the molecule is C[C@@H]1CC2=CC(=O)CCC2C2CC[C@@]3(C)C(CC[C@@]3(O)C#Cc3ccc(O)cc3)C21. The predicted octanol–water partition coefficient (Wildman–Crippen LogP) is 4.86. The van der Waals surface area contributed by atoms with E-state index in [9.17, 15) is 15.0 Å². The Balaban J connectivity index is 1.44. The number of carbonyl (C=O) groups is 1. The summed E-state index contributed by atoms with van der Waals surface area (Å²) in [5.74, 6) is 9.89. The molecule has 158 valence electrons. The molecule has 0 heterocycles. The lowest BCUT2D eigenvalue weighted by Gasteiger charge is -2.56. The monoisotopic (exact) mass is 404 g/mol. The Morgan fingerprint density at radius 3 is 2.63 bits per heavy atom. The Kier molecular flexibility index (Phi) is 4.63. The number of hydrogen-bond acceptors (Lipinski definition) is 3. The Labute approximate surface area is 179 Å². The van der Waals surface area contributed by atoms with Gasteiger partial charge in [-0.1, -0.05) is 31.3 Å². The van der Waals surface area contributed by atoms with Gasteiger partial charge < -0.3 is 10.2 Å². The zero-order chi connectivity index (χ0) is 21.1. The van der Waals surface area contributed by atoms with Crippen LogP contribution in [0.4, 0.5) is 0 Å². The number of aliphatic hydroxyl groups is 1. The molecule has 0 spiro atoms. The number of allylic oxidation sites excluding steroid dienone is 1. The van der Waals surface area contributed by atoms with Crippen molar-refractivity contribution in [3.05, 3.63) is 41.5 Å². The molecule has 0 aromatic heterocycles. The molecule has 0 amide bonds. The Morgan fingerprint density at radius 1 is 1.10 bits per heavy atom. The van der Waals surface area contributed by atoms with Crippen molar-refractivity contribution in [1.82, 2.24) is 0 Å². The van der Waals surface area contributed by atoms with Crippen LogP contribution in [0.1, 0.15) is 64.4 Å². The van der Waals surface area contributed by atoms with Gasteiger partial charge in [-0.2, -0.15) is 0 Å². The molecule has 4 unspecified atom stereocenters. The summed E-state index contributed by atoms with van der Waals surface area (Å²) < 4.78 is 0. The van der Waals surface area contributed by atoms with E-state index in [1.807, 2.05) is 6.08 Å². The maximum absolute atomic E-state index is 12.0. The molecule has 5 rings (SSSR count). The van der Waals surface area contributed by atoms with Crippen molar-refractivity contribution in [3.63, 3.8) is 0 Å². The summed E-state index contributed by atoms with van der Waals surface area (Å²) in [6.45, 7) is 4.63. The number of hydrogen-bond donors (Lipinski definition) is 2. The summed E-state index contributed by atoms with van der Waals surface area (Å²) in [6, 6.07) is 6.89. The van der Waals surface area contributed by atoms with E-state index in [1.54, 1.807) is 24.3 Å². The van der Waals surface area contributed by atoms with Gasteiger partial charge >= 0.3 is 0 Å². The highest BCUT2D eigenvalue weighted by Crippen LogP contribution is 2.65. The normalized spacial score (nSPS) is 42.3. The smallest absolute Gasteiger partial charge is 0.155 e. The molecular formula is C27H32O3. The molecule has 0 radical (unpaired) electrons. The van der Waals surface area contributed by atoms with Crippen molar-refractivity contribution in [3.8, 4) is 17.6 Å². The first-order valence-electron chi connectivity index (χ1n) is 11.6. The van der Waals surface area contributed by atoms with Gasteiger partial charge in [0.25, 0.3) is 0 Å². The molecule has 3 heteroatoms. The third-order valence-electron chi connectivity index (χ3n) is 9.07. The molecule has 3 saturated carbocycles. The van der Waals surface area contributed by atoms with Crippen LogP contribution in [0.15, 0.2) is 35.9 Å². The largest absolute Gasteiger partial charge is 0.508 e. The van der Waals surface area contributed by atoms with Crippen molar-refractivity contribution in [2.24, 2.45) is 35.0 Å². The Hall–Kier alpha value is -2.05. The topological polar surface area (TPSA) is 57.5 Å². The first-order valence-corrected chi connectivity index (χ1v) is 11.6. The minimum Gasteiger partial charge on any atom is -0.508 e. The van der Waals surface area contributed by atoms with Gasteiger partial charge in [0.05, 0.1) is 0 Å². The summed E-state index contributed by atoms with van der Waals surface area (Å²) in [5, 5.41) is 21.2. The lowest BCUT2D eigenvalue weighted by atomic mass is 9.48. The lowest BCUT2D eigenvalue weighted by Crippen LogP contribution is -2.54. The van der Waals surface area contributed by atoms with E-state index in [-0.39, 0.29) is 11.2 Å². The van der Waals surface area contributed by atoms with Crippen molar-refractivity contribution >= 4 is 5.78 Å². The van der Waals surface area contributed by atoms with Crippen LogP contribution in [0.5, 0.6) is 5.75 Å². The van der Waals surface area contributed by atoms with Crippen molar-refractivity contribution in [2.75, 3.05) is 0 Å². The fourth-order valence-electron chi connectivity index (χ4n) is 7.53. The highest BCUT2D eigenvalue weighted by Gasteiger charge is 2.63. The number of ketones is 1. The van der Waals surface area contributed by atoms with E-state index < -0.39 is 5.60 Å². The average molecular weight is 405 g/mol. The number of aromatic hydroxyl groups is 1. The molecule has 1 aromatic rings. The zero-order valence-electron chi connectivity index (χ0n) is 18.0. The number of carbonyl (C=O) groups excluding carboxylic acids is 1. The van der Waals surface area contributed by atoms with Crippen LogP contribution in [0.2, 0.25) is 0 Å². The molecule has 7 atom stereocenters. The maximum Gasteiger partial charge on any atom is 0.155 e. The number of benzene rings is 1. The maximum atomic E-state index is 12.0. The van der Waals surface area contributed by atoms with Crippen LogP contribution in [0, 0.1) is 46.8 Å². The molecule has 3 fully saturated rings. The van der Waals surface area contributed by atoms with Crippen LogP contribution in [0.25, 0.3) is 0 Å². The first-order chi connectivity index (χ1) is 14.3. The molecule has 1 aromatic carbocycles. The Morgan fingerprint density at radius 2 is 1.87 bits per heavy atom. The molecule has 30 heavy (non-hydrogen) atoms. The molecule has 3 nitrogen and oxygen atoms in total. The second-order valence-electron chi connectivity index (χ2n) is 10.5. The summed E-state index contributed by atoms with van der Waals surface area (Å²) in [6.07, 6.45) is 8.63. The van der Waals surface area contributed by atoms with Crippen LogP contribution >= 0.6 is 0 Å². The third-order valence-corrected chi connectivity index (χ3v) is 9.07. The van der Waals surface area contributed by atoms with Crippen LogP contribution < -0.4 is 0 Å². The van der Waals surface area contributed by atoms with E-state index in [1.165, 1.54) is 5.57 Å². The summed E-state index contributed by atoms with van der Waals surface area (Å²) >= 11 is 0. The third kappa shape index (κ3) is 2.95. The molecule has 4 aliphatic rings. The standard InChI is InChI=1S/C27H32O3/c1-17-15-19-16-21(29)7-8-22(19)23-10-12-26(2)24(25(17)23)11-14-27(26,30)13-9-18-3-5-20(28)6-4-18/h3-6,16-17,22-25,28,30H,7-8,10-12,14-15H2,1-2H3/t17-,22?,23?,24?,25?,26+,27+/m1/s1. The second kappa shape index (κ2) is 6.99. The fraction of sp³-hybridized carbons (Fsp3) is 0.593. The van der Waals surface area contributed by atoms with Gasteiger partial charge in [0.1, 0.15) is 11.4 Å². The number of phenolic OH excluding ortho intramolecular Hbond substituents is 1. The first kappa shape index (κ1) is 19.9. The fourth-order valence-corrected chi connectivity index (χ4v) is 7.53. The van der Waals surface area contributed by atoms with Gasteiger partial charge in [-0.05, 0) is 98.5 Å². The van der Waals surface area contributed by atoms with E-state index in [2.05, 4.69) is 25.7 Å². The van der Waals surface area contributed by atoms with Crippen molar-refractivity contribution < 1.29 is 15.0 Å². The highest BCUT2D eigenvalue weighted by molar-refractivity contribution is 5.91. The van der Waals surface area contributed by atoms with Gasteiger partial charge in [0.2, 0.25) is 0 Å². The second-order valence-corrected chi connectivity index (χ2v) is 10.5. The minimum absolute atomic E-state index is 0.182. The molecule has 0 aliphatic heterocycles. The van der Waals surface area contributed by atoms with E-state index in [4.69, 9.17) is 0 Å². The molecule has 0 bridgehead atoms. The number of fused-ring (bicyclic) bond motifs is 5. The molecular weight excluding hydrogens is 372 g/mol. The van der Waals surface area contributed by atoms with Gasteiger partial charge in [-0.25, -0.2) is 0 Å². The van der Waals surface area contributed by atoms with Gasteiger partial charge in [0.15, 0.2) is 5.78 Å². The van der Waals surface area contributed by atoms with Crippen LogP contribution in [-0.2, 0) is 4.79 Å². The van der Waals surface area contributed by atoms with Gasteiger partial charge in [-0.15, -0.1) is 0 Å². The van der Waals surface area contributed by atoms with Gasteiger partial charge in [0, 0.05) is 17.4 Å². The lowest BCUT2D eigenvalue weighted by molar-refractivity contribution is -0.117.